The molecule has 1 unspecified atom stereocenters. The average molecular weight is 383 g/mol. The van der Waals surface area contributed by atoms with Gasteiger partial charge >= 0.3 is 6.03 Å². The van der Waals surface area contributed by atoms with E-state index in [0.717, 1.165) is 42.5 Å². The Morgan fingerprint density at radius 3 is 2.71 bits per heavy atom. The van der Waals surface area contributed by atoms with Crippen LogP contribution in [-0.4, -0.2) is 57.4 Å². The van der Waals surface area contributed by atoms with E-state index in [4.69, 9.17) is 0 Å². The molecule has 1 atom stereocenters. The van der Waals surface area contributed by atoms with Gasteiger partial charge in [0.25, 0.3) is 0 Å². The molecule has 28 heavy (non-hydrogen) atoms. The quantitative estimate of drug-likeness (QED) is 0.854. The lowest BCUT2D eigenvalue weighted by molar-refractivity contribution is -0.130. The minimum atomic E-state index is -0.146. The van der Waals surface area contributed by atoms with E-state index in [0.29, 0.717) is 19.5 Å². The SMILES string of the molecule is CCC(NC(=O)N1CCC2(CCC(=O)N2C)CC1)c1nc2ccc(C)cc2[nH]1. The topological polar surface area (TPSA) is 81.3 Å². The Balaban J connectivity index is 1.41. The van der Waals surface area contributed by atoms with E-state index >= 15 is 0 Å². The molecular formula is C21H29N5O2. The van der Waals surface area contributed by atoms with Crippen molar-refractivity contribution in [1.82, 2.24) is 25.1 Å². The van der Waals surface area contributed by atoms with Crippen LogP contribution < -0.4 is 5.32 Å². The molecule has 2 aromatic rings. The highest BCUT2D eigenvalue weighted by molar-refractivity contribution is 5.80. The summed E-state index contributed by atoms with van der Waals surface area (Å²) in [4.78, 5) is 36.6. The Labute approximate surface area is 165 Å². The van der Waals surface area contributed by atoms with Crippen LogP contribution in [0.4, 0.5) is 4.79 Å². The number of urea groups is 1. The highest BCUT2D eigenvalue weighted by atomic mass is 16.2. The predicted molar refractivity (Wildman–Crippen MR) is 108 cm³/mol. The number of nitrogens with one attached hydrogen (secondary N) is 2. The van der Waals surface area contributed by atoms with E-state index < -0.39 is 0 Å². The summed E-state index contributed by atoms with van der Waals surface area (Å²) >= 11 is 0. The molecule has 0 radical (unpaired) electrons. The predicted octanol–water partition coefficient (Wildman–Crippen LogP) is 3.12. The Morgan fingerprint density at radius 1 is 1.32 bits per heavy atom. The summed E-state index contributed by atoms with van der Waals surface area (Å²) in [6, 6.07) is 5.92. The molecule has 1 spiro atoms. The number of hydrogen-bond donors (Lipinski definition) is 2. The summed E-state index contributed by atoms with van der Waals surface area (Å²) in [6.45, 7) is 5.46. The number of aromatic amines is 1. The molecule has 1 aromatic heterocycles. The molecule has 0 saturated carbocycles. The zero-order chi connectivity index (χ0) is 19.9. The zero-order valence-electron chi connectivity index (χ0n) is 16.9. The minimum Gasteiger partial charge on any atom is -0.340 e. The molecule has 1 aromatic carbocycles. The molecule has 150 valence electrons. The third-order valence-electron chi connectivity index (χ3n) is 6.56. The summed E-state index contributed by atoms with van der Waals surface area (Å²) in [7, 11) is 1.90. The first-order valence-corrected chi connectivity index (χ1v) is 10.2. The largest absolute Gasteiger partial charge is 0.340 e. The van der Waals surface area contributed by atoms with Crippen molar-refractivity contribution in [3.63, 3.8) is 0 Å². The first kappa shape index (κ1) is 18.8. The van der Waals surface area contributed by atoms with Crippen molar-refractivity contribution in [3.05, 3.63) is 29.6 Å². The highest BCUT2D eigenvalue weighted by Crippen LogP contribution is 2.37. The number of H-pyrrole nitrogens is 1. The van der Waals surface area contributed by atoms with E-state index in [-0.39, 0.29) is 23.5 Å². The van der Waals surface area contributed by atoms with Crippen LogP contribution in [0.2, 0.25) is 0 Å². The Kier molecular flexibility index (Phi) is 4.77. The van der Waals surface area contributed by atoms with E-state index in [1.807, 2.05) is 35.9 Å². The second-order valence-corrected chi connectivity index (χ2v) is 8.22. The van der Waals surface area contributed by atoms with Crippen LogP contribution in [0.25, 0.3) is 11.0 Å². The fourth-order valence-electron chi connectivity index (χ4n) is 4.56. The van der Waals surface area contributed by atoms with Crippen LogP contribution in [0.5, 0.6) is 0 Å². The fourth-order valence-corrected chi connectivity index (χ4v) is 4.56. The molecule has 2 aliphatic rings. The van der Waals surface area contributed by atoms with Gasteiger partial charge in [0.1, 0.15) is 5.82 Å². The van der Waals surface area contributed by atoms with Crippen LogP contribution in [0, 0.1) is 6.92 Å². The first-order chi connectivity index (χ1) is 13.4. The normalized spacial score (nSPS) is 20.2. The number of fused-ring (bicyclic) bond motifs is 1. The lowest BCUT2D eigenvalue weighted by Crippen LogP contribution is -2.54. The molecule has 2 N–H and O–H groups in total. The third kappa shape index (κ3) is 3.23. The van der Waals surface area contributed by atoms with E-state index in [9.17, 15) is 9.59 Å². The number of benzene rings is 1. The monoisotopic (exact) mass is 383 g/mol. The number of piperidine rings is 1. The molecule has 4 rings (SSSR count). The molecule has 3 heterocycles. The van der Waals surface area contributed by atoms with Crippen LogP contribution in [0.1, 0.15) is 56.5 Å². The lowest BCUT2D eigenvalue weighted by Gasteiger charge is -2.43. The number of carbonyl (C=O) groups is 2. The molecule has 7 nitrogen and oxygen atoms in total. The maximum absolute atomic E-state index is 12.9. The lowest BCUT2D eigenvalue weighted by atomic mass is 9.85. The molecule has 0 aliphatic carbocycles. The van der Waals surface area contributed by atoms with Gasteiger partial charge in [0.15, 0.2) is 0 Å². The molecule has 2 fully saturated rings. The molecule has 7 heteroatoms. The van der Waals surface area contributed by atoms with Crippen molar-refractivity contribution in [2.45, 2.75) is 57.5 Å². The van der Waals surface area contributed by atoms with Crippen molar-refractivity contribution < 1.29 is 9.59 Å². The molecule has 0 bridgehead atoms. The minimum absolute atomic E-state index is 0.0470. The Hall–Kier alpha value is -2.57. The van der Waals surface area contributed by atoms with Gasteiger partial charge in [-0.25, -0.2) is 9.78 Å². The number of imidazole rings is 1. The van der Waals surface area contributed by atoms with Gasteiger partial charge in [-0.1, -0.05) is 13.0 Å². The third-order valence-corrected chi connectivity index (χ3v) is 6.56. The van der Waals surface area contributed by atoms with Gasteiger partial charge in [0.05, 0.1) is 17.1 Å². The van der Waals surface area contributed by atoms with Gasteiger partial charge in [-0.3, -0.25) is 4.79 Å². The number of carbonyl (C=O) groups excluding carboxylic acids is 2. The number of amides is 3. The number of rotatable bonds is 3. The van der Waals surface area contributed by atoms with E-state index in [1.165, 1.54) is 5.56 Å². The van der Waals surface area contributed by atoms with Crippen molar-refractivity contribution in [3.8, 4) is 0 Å². The van der Waals surface area contributed by atoms with Crippen molar-refractivity contribution in [2.75, 3.05) is 20.1 Å². The Morgan fingerprint density at radius 2 is 2.07 bits per heavy atom. The van der Waals surface area contributed by atoms with Gasteiger partial charge in [0, 0.05) is 32.1 Å². The van der Waals surface area contributed by atoms with Gasteiger partial charge in [-0.2, -0.15) is 0 Å². The molecule has 2 aliphatic heterocycles. The van der Waals surface area contributed by atoms with Gasteiger partial charge < -0.3 is 20.1 Å². The first-order valence-electron chi connectivity index (χ1n) is 10.2. The molecule has 2 saturated heterocycles. The van der Waals surface area contributed by atoms with E-state index in [1.54, 1.807) is 0 Å². The summed E-state index contributed by atoms with van der Waals surface area (Å²) < 4.78 is 0. The highest BCUT2D eigenvalue weighted by Gasteiger charge is 2.45. The molecular weight excluding hydrogens is 354 g/mol. The Bertz CT molecular complexity index is 897. The van der Waals surface area contributed by atoms with Crippen LogP contribution in [0.15, 0.2) is 18.2 Å². The van der Waals surface area contributed by atoms with Gasteiger partial charge in [-0.05, 0) is 50.3 Å². The van der Waals surface area contributed by atoms with Gasteiger partial charge in [-0.15, -0.1) is 0 Å². The second-order valence-electron chi connectivity index (χ2n) is 8.22. The summed E-state index contributed by atoms with van der Waals surface area (Å²) in [6.07, 6.45) is 4.01. The maximum atomic E-state index is 12.9. The van der Waals surface area contributed by atoms with Crippen molar-refractivity contribution >= 4 is 23.0 Å². The number of aryl methyl sites for hydroxylation is 1. The maximum Gasteiger partial charge on any atom is 0.317 e. The van der Waals surface area contributed by atoms with Crippen molar-refractivity contribution in [2.24, 2.45) is 0 Å². The average Bonchev–Trinajstić information content (AvgIpc) is 3.23. The van der Waals surface area contributed by atoms with Crippen molar-refractivity contribution in [1.29, 1.82) is 0 Å². The van der Waals surface area contributed by atoms with Crippen LogP contribution in [-0.2, 0) is 4.79 Å². The number of nitrogens with zero attached hydrogens (tertiary/aromatic N) is 3. The van der Waals surface area contributed by atoms with Gasteiger partial charge in [0.2, 0.25) is 5.91 Å². The summed E-state index contributed by atoms with van der Waals surface area (Å²) in [5, 5.41) is 3.14. The zero-order valence-corrected chi connectivity index (χ0v) is 16.9. The number of hydrogen-bond acceptors (Lipinski definition) is 3. The number of aromatic nitrogens is 2. The summed E-state index contributed by atoms with van der Waals surface area (Å²) in [5.74, 6) is 1.02. The standard InChI is InChI=1S/C21H29N5O2/c1-4-15(19-22-16-6-5-14(2)13-17(16)23-19)24-20(28)26-11-9-21(10-12-26)8-7-18(27)25(21)3/h5-6,13,15H,4,7-12H2,1-3H3,(H,22,23)(H,24,28). The fraction of sp³-hybridized carbons (Fsp3) is 0.571. The van der Waals surface area contributed by atoms with Crippen LogP contribution in [0.3, 0.4) is 0 Å². The smallest absolute Gasteiger partial charge is 0.317 e. The van der Waals surface area contributed by atoms with E-state index in [2.05, 4.69) is 28.3 Å². The van der Waals surface area contributed by atoms with Crippen LogP contribution >= 0.6 is 0 Å². The second kappa shape index (κ2) is 7.11. The molecule has 3 amide bonds. The number of likely N-dealkylation sites (tertiary alicyclic amines) is 2. The summed E-state index contributed by atoms with van der Waals surface area (Å²) in [5.41, 5.74) is 3.05.